The van der Waals surface area contributed by atoms with E-state index in [0.29, 0.717) is 17.4 Å². The first-order chi connectivity index (χ1) is 13.0. The summed E-state index contributed by atoms with van der Waals surface area (Å²) in [6, 6.07) is 7.68. The van der Waals surface area contributed by atoms with Crippen LogP contribution in [0.1, 0.15) is 20.8 Å². The highest BCUT2D eigenvalue weighted by Gasteiger charge is 2.36. The Morgan fingerprint density at radius 3 is 1.79 bits per heavy atom. The summed E-state index contributed by atoms with van der Waals surface area (Å²) in [5.74, 6) is -6.54. The molecule has 0 aliphatic carbocycles. The van der Waals surface area contributed by atoms with E-state index in [1.165, 1.54) is 32.9 Å². The van der Waals surface area contributed by atoms with Crippen LogP contribution in [0.25, 0.3) is 0 Å². The van der Waals surface area contributed by atoms with Crippen LogP contribution in [0.3, 0.4) is 0 Å². The number of hydrogen-bond donors (Lipinski definition) is 3. The van der Waals surface area contributed by atoms with Gasteiger partial charge in [-0.15, -0.1) is 0 Å². The molecule has 0 spiro atoms. The molecule has 3 N–H and O–H groups in total. The summed E-state index contributed by atoms with van der Waals surface area (Å²) in [5, 5.41) is 7.18. The number of amides is 3. The molecule has 148 valence electrons. The molecule has 0 aliphatic rings. The first-order valence-corrected chi connectivity index (χ1v) is 8.16. The van der Waals surface area contributed by atoms with Crippen molar-refractivity contribution < 1.29 is 27.6 Å². The SMILES string of the molecule is CC(=O)Nc1ccc(NC(=O)C(C)(C)C(=O)Nc2ccc(F)c(F)c2F)cc1. The van der Waals surface area contributed by atoms with Gasteiger partial charge >= 0.3 is 0 Å². The van der Waals surface area contributed by atoms with Gasteiger partial charge in [-0.2, -0.15) is 0 Å². The lowest BCUT2D eigenvalue weighted by atomic mass is 9.90. The second-order valence-electron chi connectivity index (χ2n) is 6.51. The standard InChI is InChI=1S/C19H18F3N3O3/c1-10(26)23-11-4-6-12(7-5-11)24-17(27)19(2,3)18(28)25-14-9-8-13(20)15(21)16(14)22/h4-9H,1-3H3,(H,23,26)(H,24,27)(H,25,28). The summed E-state index contributed by atoms with van der Waals surface area (Å²) in [4.78, 5) is 35.9. The largest absolute Gasteiger partial charge is 0.326 e. The number of benzene rings is 2. The summed E-state index contributed by atoms with van der Waals surface area (Å²) in [6.07, 6.45) is 0. The highest BCUT2D eigenvalue weighted by atomic mass is 19.2. The van der Waals surface area contributed by atoms with E-state index in [0.717, 1.165) is 6.07 Å². The number of nitrogens with one attached hydrogen (secondary N) is 3. The zero-order valence-electron chi connectivity index (χ0n) is 15.3. The zero-order valence-corrected chi connectivity index (χ0v) is 15.3. The molecule has 2 rings (SSSR count). The summed E-state index contributed by atoms with van der Waals surface area (Å²) >= 11 is 0. The van der Waals surface area contributed by atoms with Crippen LogP contribution >= 0.6 is 0 Å². The van der Waals surface area contributed by atoms with Gasteiger partial charge in [0, 0.05) is 18.3 Å². The van der Waals surface area contributed by atoms with Crippen molar-refractivity contribution in [2.24, 2.45) is 5.41 Å². The Bertz CT molecular complexity index is 928. The van der Waals surface area contributed by atoms with Gasteiger partial charge in [-0.05, 0) is 50.2 Å². The average molecular weight is 393 g/mol. The number of anilines is 3. The molecule has 0 heterocycles. The molecule has 0 aliphatic heterocycles. The summed E-state index contributed by atoms with van der Waals surface area (Å²) in [6.45, 7) is 3.94. The smallest absolute Gasteiger partial charge is 0.239 e. The fraction of sp³-hybridized carbons (Fsp3) is 0.211. The van der Waals surface area contributed by atoms with Crippen molar-refractivity contribution >= 4 is 34.8 Å². The van der Waals surface area contributed by atoms with E-state index in [9.17, 15) is 27.6 Å². The molecule has 0 fully saturated rings. The molecule has 6 nitrogen and oxygen atoms in total. The molecule has 2 aromatic carbocycles. The van der Waals surface area contributed by atoms with E-state index >= 15 is 0 Å². The number of hydrogen-bond acceptors (Lipinski definition) is 3. The van der Waals surface area contributed by atoms with Gasteiger partial charge in [0.05, 0.1) is 5.69 Å². The Balaban J connectivity index is 2.10. The number of carbonyl (C=O) groups is 3. The first-order valence-electron chi connectivity index (χ1n) is 8.16. The normalized spacial score (nSPS) is 10.9. The quantitative estimate of drug-likeness (QED) is 0.535. The molecule has 0 saturated heterocycles. The van der Waals surface area contributed by atoms with Gasteiger partial charge in [0.25, 0.3) is 0 Å². The fourth-order valence-corrected chi connectivity index (χ4v) is 2.13. The van der Waals surface area contributed by atoms with Crippen molar-refractivity contribution in [3.05, 3.63) is 53.8 Å². The zero-order chi connectivity index (χ0) is 21.1. The molecule has 0 saturated carbocycles. The third-order valence-corrected chi connectivity index (χ3v) is 3.88. The second kappa shape index (κ2) is 8.12. The van der Waals surface area contributed by atoms with E-state index in [2.05, 4.69) is 16.0 Å². The van der Waals surface area contributed by atoms with Crippen LogP contribution in [-0.2, 0) is 14.4 Å². The van der Waals surface area contributed by atoms with E-state index in [1.807, 2.05) is 0 Å². The Labute approximate surface area is 159 Å². The van der Waals surface area contributed by atoms with E-state index < -0.39 is 40.4 Å². The summed E-state index contributed by atoms with van der Waals surface area (Å²) < 4.78 is 40.0. The van der Waals surface area contributed by atoms with Crippen LogP contribution in [0.4, 0.5) is 30.2 Å². The number of halogens is 3. The molecule has 0 atom stereocenters. The lowest BCUT2D eigenvalue weighted by Crippen LogP contribution is -2.41. The van der Waals surface area contributed by atoms with Crippen molar-refractivity contribution in [1.29, 1.82) is 0 Å². The summed E-state index contributed by atoms with van der Waals surface area (Å²) in [7, 11) is 0. The maximum atomic E-state index is 13.7. The predicted molar refractivity (Wildman–Crippen MR) is 98.1 cm³/mol. The Kier molecular flexibility index (Phi) is 6.07. The number of carbonyl (C=O) groups excluding carboxylic acids is 3. The van der Waals surface area contributed by atoms with Crippen LogP contribution in [-0.4, -0.2) is 17.7 Å². The van der Waals surface area contributed by atoms with Gasteiger partial charge in [-0.1, -0.05) is 0 Å². The topological polar surface area (TPSA) is 87.3 Å². The molecule has 3 amide bonds. The minimum atomic E-state index is -1.72. The van der Waals surface area contributed by atoms with Crippen molar-refractivity contribution in [2.45, 2.75) is 20.8 Å². The predicted octanol–water partition coefficient (Wildman–Crippen LogP) is 3.67. The molecular formula is C19H18F3N3O3. The van der Waals surface area contributed by atoms with Gasteiger partial charge in [0.15, 0.2) is 17.5 Å². The van der Waals surface area contributed by atoms with Crippen molar-refractivity contribution in [3.63, 3.8) is 0 Å². The Morgan fingerprint density at radius 2 is 1.25 bits per heavy atom. The third-order valence-electron chi connectivity index (χ3n) is 3.88. The molecule has 0 aromatic heterocycles. The monoisotopic (exact) mass is 393 g/mol. The van der Waals surface area contributed by atoms with Crippen LogP contribution in [0, 0.1) is 22.9 Å². The van der Waals surface area contributed by atoms with Gasteiger partial charge in [-0.3, -0.25) is 14.4 Å². The van der Waals surface area contributed by atoms with Crippen molar-refractivity contribution in [3.8, 4) is 0 Å². The molecule has 28 heavy (non-hydrogen) atoms. The van der Waals surface area contributed by atoms with Crippen molar-refractivity contribution in [1.82, 2.24) is 0 Å². The molecule has 9 heteroatoms. The van der Waals surface area contributed by atoms with Crippen LogP contribution in [0.5, 0.6) is 0 Å². The highest BCUT2D eigenvalue weighted by molar-refractivity contribution is 6.14. The molecule has 0 bridgehead atoms. The average Bonchev–Trinajstić information content (AvgIpc) is 2.63. The first kappa shape index (κ1) is 20.9. The van der Waals surface area contributed by atoms with Crippen LogP contribution in [0.15, 0.2) is 36.4 Å². The second-order valence-corrected chi connectivity index (χ2v) is 6.51. The number of rotatable bonds is 5. The molecule has 0 unspecified atom stereocenters. The van der Waals surface area contributed by atoms with Gasteiger partial charge in [0.2, 0.25) is 17.7 Å². The Morgan fingerprint density at radius 1 is 0.750 bits per heavy atom. The lowest BCUT2D eigenvalue weighted by Gasteiger charge is -2.23. The van der Waals surface area contributed by atoms with E-state index in [1.54, 1.807) is 12.1 Å². The maximum absolute atomic E-state index is 13.7. The Hall–Kier alpha value is -3.36. The molecular weight excluding hydrogens is 375 g/mol. The van der Waals surface area contributed by atoms with E-state index in [-0.39, 0.29) is 5.91 Å². The van der Waals surface area contributed by atoms with Gasteiger partial charge in [0.1, 0.15) is 5.41 Å². The maximum Gasteiger partial charge on any atom is 0.239 e. The molecule has 2 aromatic rings. The van der Waals surface area contributed by atoms with Crippen molar-refractivity contribution in [2.75, 3.05) is 16.0 Å². The highest BCUT2D eigenvalue weighted by Crippen LogP contribution is 2.25. The minimum Gasteiger partial charge on any atom is -0.326 e. The van der Waals surface area contributed by atoms with Crippen LogP contribution < -0.4 is 16.0 Å². The van der Waals surface area contributed by atoms with E-state index in [4.69, 9.17) is 0 Å². The van der Waals surface area contributed by atoms with Gasteiger partial charge in [-0.25, -0.2) is 13.2 Å². The summed E-state index contributed by atoms with van der Waals surface area (Å²) in [5.41, 5.74) is -1.35. The van der Waals surface area contributed by atoms with Crippen LogP contribution in [0.2, 0.25) is 0 Å². The molecule has 0 radical (unpaired) electrons. The minimum absolute atomic E-state index is 0.251. The van der Waals surface area contributed by atoms with Gasteiger partial charge < -0.3 is 16.0 Å². The lowest BCUT2D eigenvalue weighted by molar-refractivity contribution is -0.135. The fourth-order valence-electron chi connectivity index (χ4n) is 2.13. The third kappa shape index (κ3) is 4.67.